The summed E-state index contributed by atoms with van der Waals surface area (Å²) in [4.78, 5) is 12.9. The average molecular weight is 437 g/mol. The molecule has 30 heavy (non-hydrogen) atoms. The van der Waals surface area contributed by atoms with Crippen molar-refractivity contribution in [2.75, 3.05) is 28.6 Å². The molecule has 0 radical (unpaired) electrons. The number of hydrogen-bond donors (Lipinski definition) is 4. The predicted octanol–water partition coefficient (Wildman–Crippen LogP) is 2.30. The molecule has 166 valence electrons. The van der Waals surface area contributed by atoms with Crippen molar-refractivity contribution in [1.82, 2.24) is 15.0 Å². The molecule has 0 aliphatic rings. The Bertz CT molecular complexity index is 965. The number of aliphatic hydroxyl groups excluding tert-OH is 1. The van der Waals surface area contributed by atoms with Crippen molar-refractivity contribution in [2.24, 2.45) is 5.92 Å². The van der Waals surface area contributed by atoms with Crippen LogP contribution in [-0.4, -0.2) is 47.4 Å². The van der Waals surface area contributed by atoms with Crippen molar-refractivity contribution in [3.63, 3.8) is 0 Å². The second-order valence-electron chi connectivity index (χ2n) is 8.15. The minimum absolute atomic E-state index is 0.0538. The minimum atomic E-state index is -3.55. The number of nitrogens with zero attached hydrogens (tertiary/aromatic N) is 3. The second-order valence-corrected chi connectivity index (χ2v) is 9.90. The van der Waals surface area contributed by atoms with Crippen LogP contribution in [0, 0.1) is 12.8 Å². The van der Waals surface area contributed by atoms with Crippen LogP contribution >= 0.6 is 0 Å². The Morgan fingerprint density at radius 3 is 2.37 bits per heavy atom. The van der Waals surface area contributed by atoms with E-state index in [0.29, 0.717) is 24.6 Å². The third-order valence-electron chi connectivity index (χ3n) is 4.63. The van der Waals surface area contributed by atoms with Crippen molar-refractivity contribution in [2.45, 2.75) is 52.5 Å². The molecule has 9 nitrogen and oxygen atoms in total. The highest BCUT2D eigenvalue weighted by Crippen LogP contribution is 2.24. The van der Waals surface area contributed by atoms with Gasteiger partial charge in [-0.25, -0.2) is 8.42 Å². The Balaban J connectivity index is 2.31. The van der Waals surface area contributed by atoms with E-state index in [9.17, 15) is 13.5 Å². The van der Waals surface area contributed by atoms with Crippen molar-refractivity contribution >= 4 is 27.6 Å². The molecule has 0 aliphatic carbocycles. The molecule has 0 bridgehead atoms. The zero-order chi connectivity index (χ0) is 22.5. The summed E-state index contributed by atoms with van der Waals surface area (Å²) in [6.07, 6.45) is 2.22. The van der Waals surface area contributed by atoms with Gasteiger partial charge in [-0.3, -0.25) is 4.72 Å². The summed E-state index contributed by atoms with van der Waals surface area (Å²) in [7, 11) is -3.55. The van der Waals surface area contributed by atoms with E-state index in [1.165, 1.54) is 0 Å². The maximum atomic E-state index is 11.7. The Hall–Kier alpha value is -2.46. The SMILES string of the molecule is Cc1ccc(C(C)Cc2nc(NC(CO)CC(C)C)nc(NS(C)(=O)=O)n2)cc1N. The number of sulfonamides is 1. The van der Waals surface area contributed by atoms with Gasteiger partial charge in [0.2, 0.25) is 21.9 Å². The minimum Gasteiger partial charge on any atom is -0.399 e. The van der Waals surface area contributed by atoms with Crippen LogP contribution in [0.3, 0.4) is 0 Å². The van der Waals surface area contributed by atoms with Gasteiger partial charge in [0.1, 0.15) is 5.82 Å². The number of nitrogen functional groups attached to an aromatic ring is 1. The summed E-state index contributed by atoms with van der Waals surface area (Å²) in [6.45, 7) is 7.99. The van der Waals surface area contributed by atoms with E-state index in [4.69, 9.17) is 5.73 Å². The standard InChI is InChI=1S/C20H32N6O3S/c1-12(2)8-16(11-27)22-19-23-18(24-20(25-19)26-30(5,28)29)9-14(4)15-7-6-13(3)17(21)10-15/h6-7,10,12,14,16,27H,8-9,11,21H2,1-5H3,(H2,22,23,24,25,26). The van der Waals surface area contributed by atoms with Gasteiger partial charge in [-0.2, -0.15) is 15.0 Å². The Labute approximate surface area is 178 Å². The number of aryl methyl sites for hydroxylation is 1. The number of benzene rings is 1. The van der Waals surface area contributed by atoms with Crippen molar-refractivity contribution in [3.05, 3.63) is 35.2 Å². The summed E-state index contributed by atoms with van der Waals surface area (Å²) in [5.41, 5.74) is 8.80. The quantitative estimate of drug-likeness (QED) is 0.415. The Morgan fingerprint density at radius 2 is 1.80 bits per heavy atom. The number of aliphatic hydroxyl groups is 1. The number of hydrogen-bond acceptors (Lipinski definition) is 8. The third kappa shape index (κ3) is 7.42. The summed E-state index contributed by atoms with van der Waals surface area (Å²) < 4.78 is 25.7. The molecule has 1 aromatic carbocycles. The molecule has 2 rings (SSSR count). The molecule has 0 saturated heterocycles. The number of nitrogens with two attached hydrogens (primary N) is 1. The first-order valence-electron chi connectivity index (χ1n) is 9.93. The van der Waals surface area contributed by atoms with E-state index in [1.54, 1.807) is 0 Å². The fraction of sp³-hybridized carbons (Fsp3) is 0.550. The summed E-state index contributed by atoms with van der Waals surface area (Å²) >= 11 is 0. The molecule has 2 aromatic rings. The zero-order valence-corrected chi connectivity index (χ0v) is 19.0. The molecular weight excluding hydrogens is 404 g/mol. The van der Waals surface area contributed by atoms with Crippen LogP contribution in [0.2, 0.25) is 0 Å². The van der Waals surface area contributed by atoms with Gasteiger partial charge < -0.3 is 16.2 Å². The van der Waals surface area contributed by atoms with E-state index < -0.39 is 10.0 Å². The first kappa shape index (κ1) is 23.8. The zero-order valence-electron chi connectivity index (χ0n) is 18.2. The fourth-order valence-electron chi connectivity index (χ4n) is 3.08. The molecular formula is C20H32N6O3S. The molecule has 0 saturated carbocycles. The number of aromatic nitrogens is 3. The molecule has 0 spiro atoms. The number of anilines is 3. The highest BCUT2D eigenvalue weighted by molar-refractivity contribution is 7.91. The lowest BCUT2D eigenvalue weighted by molar-refractivity contribution is 0.259. The van der Waals surface area contributed by atoms with E-state index in [-0.39, 0.29) is 30.5 Å². The number of rotatable bonds is 10. The van der Waals surface area contributed by atoms with Crippen LogP contribution in [0.1, 0.15) is 50.1 Å². The van der Waals surface area contributed by atoms with Gasteiger partial charge in [-0.1, -0.05) is 32.9 Å². The first-order valence-corrected chi connectivity index (χ1v) is 11.8. The van der Waals surface area contributed by atoms with Crippen LogP contribution in [-0.2, 0) is 16.4 Å². The van der Waals surface area contributed by atoms with Gasteiger partial charge in [0.05, 0.1) is 18.9 Å². The van der Waals surface area contributed by atoms with Crippen LogP contribution in [0.4, 0.5) is 17.6 Å². The second kappa shape index (κ2) is 10.0. The van der Waals surface area contributed by atoms with Crippen LogP contribution in [0.5, 0.6) is 0 Å². The van der Waals surface area contributed by atoms with Crippen molar-refractivity contribution in [1.29, 1.82) is 0 Å². The van der Waals surface area contributed by atoms with E-state index in [2.05, 4.69) is 38.8 Å². The topological polar surface area (TPSA) is 143 Å². The van der Waals surface area contributed by atoms with E-state index >= 15 is 0 Å². The smallest absolute Gasteiger partial charge is 0.241 e. The van der Waals surface area contributed by atoms with Gasteiger partial charge >= 0.3 is 0 Å². The number of nitrogens with one attached hydrogen (secondary N) is 2. The molecule has 1 heterocycles. The largest absolute Gasteiger partial charge is 0.399 e. The van der Waals surface area contributed by atoms with Gasteiger partial charge in [0.25, 0.3) is 0 Å². The van der Waals surface area contributed by atoms with E-state index in [0.717, 1.165) is 23.1 Å². The molecule has 10 heteroatoms. The maximum absolute atomic E-state index is 11.7. The lowest BCUT2D eigenvalue weighted by Gasteiger charge is -2.19. The lowest BCUT2D eigenvalue weighted by atomic mass is 9.96. The summed E-state index contributed by atoms with van der Waals surface area (Å²) in [6, 6.07) is 5.66. The van der Waals surface area contributed by atoms with Gasteiger partial charge in [-0.15, -0.1) is 0 Å². The van der Waals surface area contributed by atoms with E-state index in [1.807, 2.05) is 32.0 Å². The Kier molecular flexibility index (Phi) is 7.96. The first-order chi connectivity index (χ1) is 14.0. The maximum Gasteiger partial charge on any atom is 0.241 e. The molecule has 0 fully saturated rings. The van der Waals surface area contributed by atoms with Gasteiger partial charge in [0, 0.05) is 12.1 Å². The molecule has 0 aliphatic heterocycles. The fourth-order valence-corrected chi connectivity index (χ4v) is 3.50. The third-order valence-corrected chi connectivity index (χ3v) is 5.18. The van der Waals surface area contributed by atoms with Gasteiger partial charge in [-0.05, 0) is 42.4 Å². The molecule has 0 amide bonds. The van der Waals surface area contributed by atoms with Crippen LogP contribution in [0.15, 0.2) is 18.2 Å². The summed E-state index contributed by atoms with van der Waals surface area (Å²) in [5, 5.41) is 12.7. The molecule has 1 aromatic heterocycles. The van der Waals surface area contributed by atoms with Crippen molar-refractivity contribution in [3.8, 4) is 0 Å². The molecule has 5 N–H and O–H groups in total. The highest BCUT2D eigenvalue weighted by Gasteiger charge is 2.17. The normalized spacial score (nSPS) is 13.8. The average Bonchev–Trinajstić information content (AvgIpc) is 2.61. The molecule has 2 unspecified atom stereocenters. The van der Waals surface area contributed by atoms with Gasteiger partial charge in [0.15, 0.2) is 0 Å². The lowest BCUT2D eigenvalue weighted by Crippen LogP contribution is -2.27. The highest BCUT2D eigenvalue weighted by atomic mass is 32.2. The summed E-state index contributed by atoms with van der Waals surface area (Å²) in [5.74, 6) is 1.02. The van der Waals surface area contributed by atoms with Crippen molar-refractivity contribution < 1.29 is 13.5 Å². The predicted molar refractivity (Wildman–Crippen MR) is 120 cm³/mol. The van der Waals surface area contributed by atoms with Crippen LogP contribution in [0.25, 0.3) is 0 Å². The Morgan fingerprint density at radius 1 is 1.13 bits per heavy atom. The monoisotopic (exact) mass is 436 g/mol. The van der Waals surface area contributed by atoms with Crippen LogP contribution < -0.4 is 15.8 Å². The molecule has 2 atom stereocenters.